The summed E-state index contributed by atoms with van der Waals surface area (Å²) in [6, 6.07) is 9.37. The third-order valence-electron chi connectivity index (χ3n) is 5.49. The van der Waals surface area contributed by atoms with Crippen LogP contribution in [0, 0.1) is 19.8 Å². The van der Waals surface area contributed by atoms with Gasteiger partial charge in [-0.1, -0.05) is 6.07 Å². The zero-order valence-electron chi connectivity index (χ0n) is 15.9. The summed E-state index contributed by atoms with van der Waals surface area (Å²) in [5, 5.41) is 0. The summed E-state index contributed by atoms with van der Waals surface area (Å²) in [5.41, 5.74) is 2.24. The number of rotatable bonds is 5. The smallest absolute Gasteiger partial charge is 0.254 e. The highest BCUT2D eigenvalue weighted by atomic mass is 16.5. The van der Waals surface area contributed by atoms with Crippen LogP contribution in [-0.2, 0) is 4.74 Å². The Labute approximate surface area is 159 Å². The molecule has 1 spiro atoms. The predicted octanol–water partition coefficient (Wildman–Crippen LogP) is 2.79. The van der Waals surface area contributed by atoms with Gasteiger partial charge in [0.2, 0.25) is 5.88 Å². The van der Waals surface area contributed by atoms with Crippen molar-refractivity contribution in [2.24, 2.45) is 5.92 Å². The first-order valence-electron chi connectivity index (χ1n) is 9.48. The summed E-state index contributed by atoms with van der Waals surface area (Å²) in [7, 11) is 0. The SMILES string of the molecule is Cc1cc(C(=O)N2CC3(C2)OCC[C@H]3CCOc2ccccn2)cc(C)n1. The molecule has 0 unspecified atom stereocenters. The summed E-state index contributed by atoms with van der Waals surface area (Å²) in [6.45, 7) is 6.51. The van der Waals surface area contributed by atoms with E-state index in [-0.39, 0.29) is 11.5 Å². The van der Waals surface area contributed by atoms with E-state index in [4.69, 9.17) is 9.47 Å². The Balaban J connectivity index is 1.34. The Kier molecular flexibility index (Phi) is 4.83. The highest BCUT2D eigenvalue weighted by molar-refractivity contribution is 5.95. The molecule has 0 aromatic carbocycles. The van der Waals surface area contributed by atoms with E-state index in [2.05, 4.69) is 9.97 Å². The van der Waals surface area contributed by atoms with Crippen molar-refractivity contribution in [3.8, 4) is 5.88 Å². The number of aryl methyl sites for hydroxylation is 2. The van der Waals surface area contributed by atoms with Crippen LogP contribution in [0.3, 0.4) is 0 Å². The number of carbonyl (C=O) groups is 1. The van der Waals surface area contributed by atoms with Gasteiger partial charge >= 0.3 is 0 Å². The van der Waals surface area contributed by atoms with Gasteiger partial charge in [-0.25, -0.2) is 4.98 Å². The van der Waals surface area contributed by atoms with Gasteiger partial charge in [0.15, 0.2) is 0 Å². The molecule has 1 amide bonds. The van der Waals surface area contributed by atoms with Crippen molar-refractivity contribution < 1.29 is 14.3 Å². The van der Waals surface area contributed by atoms with E-state index in [1.54, 1.807) is 6.20 Å². The normalized spacial score (nSPS) is 20.5. The third-order valence-corrected chi connectivity index (χ3v) is 5.49. The van der Waals surface area contributed by atoms with Crippen molar-refractivity contribution in [1.29, 1.82) is 0 Å². The molecule has 2 aliphatic heterocycles. The van der Waals surface area contributed by atoms with Gasteiger partial charge in [-0.15, -0.1) is 0 Å². The standard InChI is InChI=1S/C21H25N3O3/c1-15-11-17(12-16(2)23-15)20(25)24-13-21(14-24)18(7-10-27-21)6-9-26-19-5-3-4-8-22-19/h3-5,8,11-12,18H,6-7,9-10,13-14H2,1-2H3/t18-/m1/s1. The molecule has 2 aliphatic rings. The molecule has 4 heterocycles. The number of aromatic nitrogens is 2. The van der Waals surface area contributed by atoms with Crippen molar-refractivity contribution in [2.45, 2.75) is 32.3 Å². The molecular formula is C21H25N3O3. The van der Waals surface area contributed by atoms with Crippen LogP contribution in [0.15, 0.2) is 36.5 Å². The van der Waals surface area contributed by atoms with Crippen LogP contribution in [0.25, 0.3) is 0 Å². The van der Waals surface area contributed by atoms with Gasteiger partial charge in [0.05, 0.1) is 19.7 Å². The van der Waals surface area contributed by atoms with E-state index in [1.165, 1.54) is 0 Å². The van der Waals surface area contributed by atoms with Crippen LogP contribution in [0.1, 0.15) is 34.6 Å². The number of nitrogens with zero attached hydrogens (tertiary/aromatic N) is 3. The quantitative estimate of drug-likeness (QED) is 0.813. The maximum Gasteiger partial charge on any atom is 0.254 e. The van der Waals surface area contributed by atoms with Crippen LogP contribution in [0.2, 0.25) is 0 Å². The highest BCUT2D eigenvalue weighted by Crippen LogP contribution is 2.42. The number of pyridine rings is 2. The molecule has 2 aromatic rings. The number of likely N-dealkylation sites (tertiary alicyclic amines) is 1. The third kappa shape index (κ3) is 3.67. The molecule has 1 atom stereocenters. The molecular weight excluding hydrogens is 342 g/mol. The molecule has 27 heavy (non-hydrogen) atoms. The molecule has 0 bridgehead atoms. The lowest BCUT2D eigenvalue weighted by Gasteiger charge is -2.50. The predicted molar refractivity (Wildman–Crippen MR) is 101 cm³/mol. The first-order chi connectivity index (χ1) is 13.1. The fourth-order valence-electron chi connectivity index (χ4n) is 4.16. The second-order valence-corrected chi connectivity index (χ2v) is 7.50. The summed E-state index contributed by atoms with van der Waals surface area (Å²) in [5.74, 6) is 1.12. The minimum absolute atomic E-state index is 0.0632. The Hall–Kier alpha value is -2.47. The lowest BCUT2D eigenvalue weighted by molar-refractivity contribution is -0.119. The van der Waals surface area contributed by atoms with Crippen molar-refractivity contribution >= 4 is 5.91 Å². The number of carbonyl (C=O) groups excluding carboxylic acids is 1. The summed E-state index contributed by atoms with van der Waals surface area (Å²) < 4.78 is 11.8. The monoisotopic (exact) mass is 367 g/mol. The van der Waals surface area contributed by atoms with Crippen LogP contribution in [0.4, 0.5) is 0 Å². The second kappa shape index (κ2) is 7.27. The maximum atomic E-state index is 12.8. The lowest BCUT2D eigenvalue weighted by atomic mass is 9.79. The fourth-order valence-corrected chi connectivity index (χ4v) is 4.16. The van der Waals surface area contributed by atoms with Crippen molar-refractivity contribution in [3.63, 3.8) is 0 Å². The van der Waals surface area contributed by atoms with E-state index in [0.717, 1.165) is 30.8 Å². The van der Waals surface area contributed by atoms with E-state index in [0.29, 0.717) is 37.1 Å². The van der Waals surface area contributed by atoms with E-state index >= 15 is 0 Å². The molecule has 4 rings (SSSR count). The van der Waals surface area contributed by atoms with Crippen LogP contribution in [-0.4, -0.2) is 52.7 Å². The van der Waals surface area contributed by atoms with E-state index in [1.807, 2.05) is 49.1 Å². The summed E-state index contributed by atoms with van der Waals surface area (Å²) in [4.78, 5) is 23.2. The van der Waals surface area contributed by atoms with Crippen LogP contribution >= 0.6 is 0 Å². The first kappa shape index (κ1) is 17.9. The fraction of sp³-hybridized carbons (Fsp3) is 0.476. The summed E-state index contributed by atoms with van der Waals surface area (Å²) in [6.07, 6.45) is 3.65. The van der Waals surface area contributed by atoms with Gasteiger partial charge < -0.3 is 14.4 Å². The lowest BCUT2D eigenvalue weighted by Crippen LogP contribution is -2.66. The largest absolute Gasteiger partial charge is 0.478 e. The van der Waals surface area contributed by atoms with Crippen molar-refractivity contribution in [1.82, 2.24) is 14.9 Å². The van der Waals surface area contributed by atoms with E-state index in [9.17, 15) is 4.79 Å². The number of amides is 1. The molecule has 0 radical (unpaired) electrons. The van der Waals surface area contributed by atoms with Gasteiger partial charge in [-0.3, -0.25) is 9.78 Å². The molecule has 2 fully saturated rings. The Morgan fingerprint density at radius 3 is 2.78 bits per heavy atom. The van der Waals surface area contributed by atoms with Gasteiger partial charge in [0.1, 0.15) is 5.60 Å². The molecule has 0 saturated carbocycles. The molecule has 0 aliphatic carbocycles. The van der Waals surface area contributed by atoms with Gasteiger partial charge in [0, 0.05) is 35.8 Å². The van der Waals surface area contributed by atoms with Gasteiger partial charge in [0.25, 0.3) is 5.91 Å². The minimum atomic E-state index is -0.208. The van der Waals surface area contributed by atoms with Crippen LogP contribution < -0.4 is 4.74 Å². The first-order valence-corrected chi connectivity index (χ1v) is 9.48. The Morgan fingerprint density at radius 2 is 2.07 bits per heavy atom. The topological polar surface area (TPSA) is 64.6 Å². The molecule has 6 nitrogen and oxygen atoms in total. The van der Waals surface area contributed by atoms with Gasteiger partial charge in [-0.2, -0.15) is 0 Å². The molecule has 6 heteroatoms. The Morgan fingerprint density at radius 1 is 1.30 bits per heavy atom. The maximum absolute atomic E-state index is 12.8. The van der Waals surface area contributed by atoms with Crippen molar-refractivity contribution in [2.75, 3.05) is 26.3 Å². The minimum Gasteiger partial charge on any atom is -0.478 e. The van der Waals surface area contributed by atoms with Crippen LogP contribution in [0.5, 0.6) is 5.88 Å². The number of hydrogen-bond acceptors (Lipinski definition) is 5. The summed E-state index contributed by atoms with van der Waals surface area (Å²) >= 11 is 0. The highest BCUT2D eigenvalue weighted by Gasteiger charge is 2.54. The average molecular weight is 367 g/mol. The molecule has 2 saturated heterocycles. The molecule has 2 aromatic heterocycles. The second-order valence-electron chi connectivity index (χ2n) is 7.50. The zero-order valence-corrected chi connectivity index (χ0v) is 15.9. The zero-order chi connectivity index (χ0) is 18.9. The van der Waals surface area contributed by atoms with Crippen molar-refractivity contribution in [3.05, 3.63) is 53.5 Å². The Bertz CT molecular complexity index is 798. The average Bonchev–Trinajstić information content (AvgIpc) is 3.04. The molecule has 0 N–H and O–H groups in total. The molecule has 142 valence electrons. The van der Waals surface area contributed by atoms with E-state index < -0.39 is 0 Å². The number of ether oxygens (including phenoxy) is 2. The van der Waals surface area contributed by atoms with Gasteiger partial charge in [-0.05, 0) is 50.8 Å². The number of hydrogen-bond donors (Lipinski definition) is 0.